The van der Waals surface area contributed by atoms with Crippen LogP contribution in [0.1, 0.15) is 23.4 Å². The van der Waals surface area contributed by atoms with Crippen molar-refractivity contribution >= 4 is 38.5 Å². The van der Waals surface area contributed by atoms with Crippen LogP contribution in [0.4, 0.5) is 10.3 Å². The lowest BCUT2D eigenvalue weighted by atomic mass is 10.1. The summed E-state index contributed by atoms with van der Waals surface area (Å²) >= 11 is 0. The van der Waals surface area contributed by atoms with Crippen LogP contribution in [0.25, 0.3) is 10.8 Å². The molecule has 2 heterocycles. The molecule has 1 fully saturated rings. The van der Waals surface area contributed by atoms with Gasteiger partial charge in [-0.1, -0.05) is 24.3 Å². The second-order valence-electron chi connectivity index (χ2n) is 7.15. The van der Waals surface area contributed by atoms with E-state index in [2.05, 4.69) is 0 Å². The molecule has 0 spiro atoms. The summed E-state index contributed by atoms with van der Waals surface area (Å²) in [5.41, 5.74) is 0. The number of halogens is 1. The Labute approximate surface area is 180 Å². The van der Waals surface area contributed by atoms with E-state index in [1.807, 2.05) is 4.72 Å². The highest BCUT2D eigenvalue weighted by Crippen LogP contribution is 2.25. The van der Waals surface area contributed by atoms with Gasteiger partial charge in [0.15, 0.2) is 5.76 Å². The van der Waals surface area contributed by atoms with Crippen LogP contribution >= 0.6 is 0 Å². The third-order valence-corrected chi connectivity index (χ3v) is 6.46. The zero-order valence-corrected chi connectivity index (χ0v) is 17.2. The summed E-state index contributed by atoms with van der Waals surface area (Å²) < 4.78 is 46.6. The maximum absolute atomic E-state index is 14.3. The van der Waals surface area contributed by atoms with E-state index in [0.717, 1.165) is 23.1 Å². The largest absolute Gasteiger partial charge is 0.433 e. The highest BCUT2D eigenvalue weighted by Gasteiger charge is 2.38. The number of nitro groups is 1. The molecule has 32 heavy (non-hydrogen) atoms. The smallest absolute Gasteiger partial charge is 0.395 e. The molecule has 1 aliphatic heterocycles. The molecule has 1 aromatic heterocycles. The number of carbonyl (C=O) groups excluding carboxylic acids is 2. The van der Waals surface area contributed by atoms with Crippen LogP contribution < -0.4 is 4.72 Å². The molecule has 12 heteroatoms. The minimum absolute atomic E-state index is 0.135. The van der Waals surface area contributed by atoms with Crippen molar-refractivity contribution < 1.29 is 31.7 Å². The SMILES string of the molecule is O=C(NS(=O)(=O)c1cc(F)c2ccccc2c1)C1CCCN1C(=O)c1ccc([N+](=O)[O-])o1. The Kier molecular flexibility index (Phi) is 5.38. The maximum atomic E-state index is 14.3. The Balaban J connectivity index is 1.55. The van der Waals surface area contributed by atoms with Gasteiger partial charge < -0.3 is 9.32 Å². The van der Waals surface area contributed by atoms with Crippen molar-refractivity contribution in [2.45, 2.75) is 23.8 Å². The molecule has 3 aromatic rings. The number of nitrogens with one attached hydrogen (secondary N) is 1. The predicted molar refractivity (Wildman–Crippen MR) is 109 cm³/mol. The van der Waals surface area contributed by atoms with Gasteiger partial charge in [0.1, 0.15) is 16.8 Å². The Bertz CT molecular complexity index is 1350. The molecule has 0 radical (unpaired) electrons. The summed E-state index contributed by atoms with van der Waals surface area (Å²) in [5.74, 6) is -3.46. The molecule has 0 aliphatic carbocycles. The average molecular weight is 461 g/mol. The number of benzene rings is 2. The van der Waals surface area contributed by atoms with Crippen LogP contribution in [-0.4, -0.2) is 42.6 Å². The summed E-state index contributed by atoms with van der Waals surface area (Å²) in [6, 6.07) is 9.33. The van der Waals surface area contributed by atoms with Crippen LogP contribution in [0.2, 0.25) is 0 Å². The standard InChI is InChI=1S/C20H16FN3O7S/c21-15-11-13(10-12-4-1-2-5-14(12)15)32(29,30)22-19(25)16-6-3-9-23(16)20(26)17-7-8-18(31-17)24(27)28/h1-2,4-5,7-8,10-11,16H,3,6,9H2,(H,22,25). The number of hydrogen-bond acceptors (Lipinski definition) is 7. The number of hydrogen-bond donors (Lipinski definition) is 1. The summed E-state index contributed by atoms with van der Waals surface area (Å²) in [4.78, 5) is 36.0. The number of rotatable bonds is 5. The van der Waals surface area contributed by atoms with Gasteiger partial charge in [0, 0.05) is 11.9 Å². The molecular weight excluding hydrogens is 445 g/mol. The van der Waals surface area contributed by atoms with Gasteiger partial charge in [-0.15, -0.1) is 0 Å². The summed E-state index contributed by atoms with van der Waals surface area (Å²) in [6.45, 7) is 0.135. The van der Waals surface area contributed by atoms with E-state index in [4.69, 9.17) is 4.42 Å². The first-order valence-corrected chi connectivity index (χ1v) is 11.0. The lowest BCUT2D eigenvalue weighted by Crippen LogP contribution is -2.47. The Morgan fingerprint density at radius 3 is 2.66 bits per heavy atom. The van der Waals surface area contributed by atoms with Gasteiger partial charge in [-0.3, -0.25) is 19.7 Å². The van der Waals surface area contributed by atoms with E-state index in [-0.39, 0.29) is 24.1 Å². The fourth-order valence-corrected chi connectivity index (χ4v) is 4.68. The fraction of sp³-hybridized carbons (Fsp3) is 0.200. The number of nitrogens with zero attached hydrogens (tertiary/aromatic N) is 2. The number of carbonyl (C=O) groups is 2. The second kappa shape index (κ2) is 8.04. The van der Waals surface area contributed by atoms with Crippen LogP contribution in [0.5, 0.6) is 0 Å². The molecule has 2 amide bonds. The fourth-order valence-electron chi connectivity index (χ4n) is 3.62. The Morgan fingerprint density at radius 2 is 1.94 bits per heavy atom. The molecule has 1 atom stereocenters. The molecular formula is C20H16FN3O7S. The zero-order chi connectivity index (χ0) is 23.0. The van der Waals surface area contributed by atoms with Crippen molar-refractivity contribution in [3.05, 3.63) is 70.2 Å². The van der Waals surface area contributed by atoms with Crippen molar-refractivity contribution in [2.24, 2.45) is 0 Å². The highest BCUT2D eigenvalue weighted by molar-refractivity contribution is 7.90. The Hall–Kier alpha value is -3.80. The topological polar surface area (TPSA) is 140 Å². The molecule has 166 valence electrons. The molecule has 4 rings (SSSR count). The van der Waals surface area contributed by atoms with Gasteiger partial charge in [0.2, 0.25) is 0 Å². The van der Waals surface area contributed by atoms with E-state index >= 15 is 0 Å². The van der Waals surface area contributed by atoms with Gasteiger partial charge in [-0.2, -0.15) is 0 Å². The Morgan fingerprint density at radius 1 is 1.19 bits per heavy atom. The minimum atomic E-state index is -4.42. The number of fused-ring (bicyclic) bond motifs is 1. The molecule has 1 N–H and O–H groups in total. The first-order chi connectivity index (χ1) is 15.2. The number of likely N-dealkylation sites (tertiary alicyclic amines) is 1. The van der Waals surface area contributed by atoms with E-state index in [0.29, 0.717) is 11.8 Å². The molecule has 1 unspecified atom stereocenters. The van der Waals surface area contributed by atoms with Crippen molar-refractivity contribution in [1.29, 1.82) is 0 Å². The average Bonchev–Trinajstić information content (AvgIpc) is 3.43. The molecule has 10 nitrogen and oxygen atoms in total. The van der Waals surface area contributed by atoms with Crippen LogP contribution in [-0.2, 0) is 14.8 Å². The van der Waals surface area contributed by atoms with Crippen LogP contribution in [0, 0.1) is 15.9 Å². The monoisotopic (exact) mass is 461 g/mol. The van der Waals surface area contributed by atoms with Gasteiger partial charge >= 0.3 is 5.88 Å². The molecule has 1 aliphatic rings. The lowest BCUT2D eigenvalue weighted by Gasteiger charge is -2.22. The normalized spacial score (nSPS) is 16.3. The van der Waals surface area contributed by atoms with Gasteiger partial charge in [0.05, 0.1) is 11.0 Å². The lowest BCUT2D eigenvalue weighted by molar-refractivity contribution is -0.402. The zero-order valence-electron chi connectivity index (χ0n) is 16.4. The number of furan rings is 1. The number of sulfonamides is 1. The summed E-state index contributed by atoms with van der Waals surface area (Å²) in [7, 11) is -4.42. The van der Waals surface area contributed by atoms with Gasteiger partial charge in [0.25, 0.3) is 21.8 Å². The van der Waals surface area contributed by atoms with E-state index in [1.165, 1.54) is 12.1 Å². The van der Waals surface area contributed by atoms with E-state index < -0.39 is 49.4 Å². The second-order valence-corrected chi connectivity index (χ2v) is 8.83. The van der Waals surface area contributed by atoms with Gasteiger partial charge in [-0.05, 0) is 36.4 Å². The molecule has 2 aromatic carbocycles. The quantitative estimate of drug-likeness (QED) is 0.455. The minimum Gasteiger partial charge on any atom is -0.395 e. The first kappa shape index (κ1) is 21.4. The third-order valence-electron chi connectivity index (χ3n) is 5.13. The van der Waals surface area contributed by atoms with Crippen LogP contribution in [0.3, 0.4) is 0 Å². The molecule has 0 bridgehead atoms. The van der Waals surface area contributed by atoms with Gasteiger partial charge in [-0.25, -0.2) is 17.5 Å². The van der Waals surface area contributed by atoms with Crippen molar-refractivity contribution in [1.82, 2.24) is 9.62 Å². The van der Waals surface area contributed by atoms with E-state index in [1.54, 1.807) is 18.2 Å². The van der Waals surface area contributed by atoms with E-state index in [9.17, 15) is 32.5 Å². The van der Waals surface area contributed by atoms with Crippen molar-refractivity contribution in [3.8, 4) is 0 Å². The maximum Gasteiger partial charge on any atom is 0.433 e. The molecule has 1 saturated heterocycles. The summed E-state index contributed by atoms with van der Waals surface area (Å²) in [5, 5.41) is 11.3. The number of amides is 2. The third kappa shape index (κ3) is 3.91. The molecule has 0 saturated carbocycles. The highest BCUT2D eigenvalue weighted by atomic mass is 32.2. The van der Waals surface area contributed by atoms with Crippen molar-refractivity contribution in [3.63, 3.8) is 0 Å². The first-order valence-electron chi connectivity index (χ1n) is 9.47. The predicted octanol–water partition coefficient (Wildman–Crippen LogP) is 2.59. The van der Waals surface area contributed by atoms with Crippen molar-refractivity contribution in [2.75, 3.05) is 6.54 Å². The van der Waals surface area contributed by atoms with Crippen LogP contribution in [0.15, 0.2) is 57.8 Å². The summed E-state index contributed by atoms with van der Waals surface area (Å²) in [6.07, 6.45) is 0.596.